The number of alkyl carbamates (subject to hydrolysis) is 1. The molecule has 0 aromatic heterocycles. The van der Waals surface area contributed by atoms with Gasteiger partial charge in [-0.2, -0.15) is 0 Å². The van der Waals surface area contributed by atoms with Crippen molar-refractivity contribution in [3.8, 4) is 0 Å². The van der Waals surface area contributed by atoms with Crippen LogP contribution in [0.25, 0.3) is 0 Å². The molecule has 1 saturated heterocycles. The number of nitrogens with one attached hydrogen (secondary N) is 2. The molecule has 2 heterocycles. The minimum atomic E-state index is -1.12. The third kappa shape index (κ3) is 3.32. The Morgan fingerprint density at radius 1 is 1.45 bits per heavy atom. The molecule has 2 aliphatic rings. The highest BCUT2D eigenvalue weighted by atomic mass is 32.2. The molecule has 0 spiro atoms. The maximum absolute atomic E-state index is 11.4. The van der Waals surface area contributed by atoms with E-state index in [1.165, 1.54) is 16.7 Å². The number of fused-ring (bicyclic) bond motifs is 1. The number of allylic oxidation sites excluding steroid dienone is 1. The fourth-order valence-electron chi connectivity index (χ4n) is 2.14. The molecule has 0 unspecified atom stereocenters. The van der Waals surface area contributed by atoms with Crippen molar-refractivity contribution >= 4 is 35.8 Å². The van der Waals surface area contributed by atoms with E-state index in [1.54, 1.807) is 0 Å². The summed E-state index contributed by atoms with van der Waals surface area (Å²) in [6.45, 7) is 0.262. The number of amides is 4. The predicted octanol–water partition coefficient (Wildman–Crippen LogP) is 0.434. The van der Waals surface area contributed by atoms with Gasteiger partial charge in [-0.3, -0.25) is 9.69 Å². The number of urea groups is 1. The van der Waals surface area contributed by atoms with Crippen molar-refractivity contribution in [2.75, 3.05) is 13.7 Å². The number of imide groups is 1. The van der Waals surface area contributed by atoms with Gasteiger partial charge in [0.15, 0.2) is 0 Å². The number of carbonyl (C=O) groups is 4. The zero-order valence-electron chi connectivity index (χ0n) is 11.7. The topological polar surface area (TPSA) is 125 Å². The van der Waals surface area contributed by atoms with Gasteiger partial charge in [0.05, 0.1) is 18.9 Å². The zero-order chi connectivity index (χ0) is 16.3. The number of ether oxygens (including phenoxy) is 1. The first kappa shape index (κ1) is 16.1. The van der Waals surface area contributed by atoms with Crippen LogP contribution in [0.1, 0.15) is 19.3 Å². The summed E-state index contributed by atoms with van der Waals surface area (Å²) < 4.78 is 4.27. The third-order valence-corrected chi connectivity index (χ3v) is 4.49. The average molecular weight is 329 g/mol. The molecule has 9 nitrogen and oxygen atoms in total. The number of hydrogen-bond acceptors (Lipinski definition) is 6. The summed E-state index contributed by atoms with van der Waals surface area (Å²) in [5, 5.41) is 13.5. The highest BCUT2D eigenvalue weighted by molar-refractivity contribution is 8.04. The summed E-state index contributed by atoms with van der Waals surface area (Å²) in [5.41, 5.74) is 0.0465. The molecule has 2 rings (SSSR count). The molecule has 0 aromatic carbocycles. The largest absolute Gasteiger partial charge is 0.477 e. The van der Waals surface area contributed by atoms with Crippen LogP contribution in [-0.4, -0.2) is 53.0 Å². The van der Waals surface area contributed by atoms with Crippen LogP contribution < -0.4 is 10.6 Å². The minimum absolute atomic E-state index is 0.0465. The van der Waals surface area contributed by atoms with Crippen molar-refractivity contribution < 1.29 is 29.0 Å². The summed E-state index contributed by atoms with van der Waals surface area (Å²) in [4.78, 5) is 46.7. The van der Waals surface area contributed by atoms with Crippen LogP contribution in [-0.2, 0) is 14.3 Å². The number of nitrogens with zero attached hydrogens (tertiary/aromatic N) is 1. The van der Waals surface area contributed by atoms with E-state index in [-0.39, 0.29) is 23.5 Å². The van der Waals surface area contributed by atoms with Gasteiger partial charge in [-0.1, -0.05) is 0 Å². The van der Waals surface area contributed by atoms with Crippen molar-refractivity contribution in [3.63, 3.8) is 0 Å². The van der Waals surface area contributed by atoms with Crippen molar-refractivity contribution in [1.29, 1.82) is 0 Å². The lowest BCUT2D eigenvalue weighted by molar-refractivity contribution is -0.145. The molecule has 4 amide bonds. The van der Waals surface area contributed by atoms with Crippen LogP contribution in [0.15, 0.2) is 10.6 Å². The number of thioether (sulfide) groups is 1. The molecule has 120 valence electrons. The third-order valence-electron chi connectivity index (χ3n) is 3.16. The molecular formula is C12H15N3O6S. The van der Waals surface area contributed by atoms with E-state index in [2.05, 4.69) is 10.1 Å². The molecule has 0 aromatic rings. The van der Waals surface area contributed by atoms with Gasteiger partial charge in [-0.15, -0.1) is 11.8 Å². The van der Waals surface area contributed by atoms with Gasteiger partial charge in [0.25, 0.3) is 0 Å². The van der Waals surface area contributed by atoms with Gasteiger partial charge in [0.2, 0.25) is 5.91 Å². The maximum Gasteiger partial charge on any atom is 0.415 e. The fourth-order valence-corrected chi connectivity index (χ4v) is 3.59. The first-order valence-corrected chi connectivity index (χ1v) is 7.40. The lowest BCUT2D eigenvalue weighted by atomic mass is 10.1. The Hall–Kier alpha value is -2.23. The fraction of sp³-hybridized carbons (Fsp3) is 0.500. The zero-order valence-corrected chi connectivity index (χ0v) is 12.6. The van der Waals surface area contributed by atoms with Gasteiger partial charge in [0.1, 0.15) is 5.70 Å². The molecule has 22 heavy (non-hydrogen) atoms. The standard InChI is InChI=1S/C12H15N3O6S/c1-21-12(20)14-11(19)13-4-2-3-6-9(10(17)18)15-7(16)5-8(15)22-6/h8H,2-5H2,1H3,(H,17,18)(H2,13,14,19,20)/t8-/m1/s1. The SMILES string of the molecule is COC(=O)NC(=O)NCCCC1=C(C(=O)O)N2C(=O)C[C@H]2S1. The van der Waals surface area contributed by atoms with E-state index in [9.17, 15) is 24.3 Å². The Labute approximate surface area is 130 Å². The Morgan fingerprint density at radius 3 is 2.77 bits per heavy atom. The van der Waals surface area contributed by atoms with Gasteiger partial charge >= 0.3 is 18.1 Å². The second-order valence-corrected chi connectivity index (χ2v) is 5.87. The monoisotopic (exact) mass is 329 g/mol. The normalized spacial score (nSPS) is 19.4. The van der Waals surface area contributed by atoms with Crippen molar-refractivity contribution in [2.24, 2.45) is 0 Å². The Balaban J connectivity index is 1.80. The Bertz CT molecular complexity index is 561. The van der Waals surface area contributed by atoms with E-state index in [1.807, 2.05) is 5.32 Å². The predicted molar refractivity (Wildman–Crippen MR) is 75.7 cm³/mol. The quantitative estimate of drug-likeness (QED) is 0.493. The summed E-state index contributed by atoms with van der Waals surface area (Å²) in [6.07, 6.45) is 0.417. The molecule has 0 aliphatic carbocycles. The Kier molecular flexibility index (Phi) is 4.91. The van der Waals surface area contributed by atoms with Crippen molar-refractivity contribution in [1.82, 2.24) is 15.5 Å². The lowest BCUT2D eigenvalue weighted by Crippen LogP contribution is -2.48. The first-order chi connectivity index (χ1) is 10.4. The van der Waals surface area contributed by atoms with E-state index >= 15 is 0 Å². The van der Waals surface area contributed by atoms with Gasteiger partial charge in [0, 0.05) is 11.4 Å². The number of aliphatic carboxylic acids is 1. The summed E-state index contributed by atoms with van der Waals surface area (Å²) >= 11 is 1.38. The number of hydrogen-bond donors (Lipinski definition) is 3. The van der Waals surface area contributed by atoms with Crippen LogP contribution in [0.3, 0.4) is 0 Å². The van der Waals surface area contributed by atoms with Crippen LogP contribution >= 0.6 is 11.8 Å². The van der Waals surface area contributed by atoms with E-state index < -0.39 is 18.1 Å². The average Bonchev–Trinajstić information content (AvgIpc) is 2.76. The number of β-lactam (4-membered cyclic amide) rings is 1. The van der Waals surface area contributed by atoms with Crippen LogP contribution in [0.5, 0.6) is 0 Å². The molecule has 0 bridgehead atoms. The van der Waals surface area contributed by atoms with Crippen LogP contribution in [0, 0.1) is 0 Å². The highest BCUT2D eigenvalue weighted by Crippen LogP contribution is 2.47. The van der Waals surface area contributed by atoms with Gasteiger partial charge < -0.3 is 15.2 Å². The summed E-state index contributed by atoms with van der Waals surface area (Å²) in [5.74, 6) is -1.30. The molecule has 0 saturated carbocycles. The Morgan fingerprint density at radius 2 is 2.18 bits per heavy atom. The summed E-state index contributed by atoms with van der Waals surface area (Å²) in [7, 11) is 1.14. The van der Waals surface area contributed by atoms with Crippen molar-refractivity contribution in [2.45, 2.75) is 24.6 Å². The number of methoxy groups -OCH3 is 1. The number of carboxylic acid groups (broad SMARTS) is 1. The van der Waals surface area contributed by atoms with Crippen molar-refractivity contribution in [3.05, 3.63) is 10.6 Å². The molecule has 0 radical (unpaired) electrons. The molecule has 2 aliphatic heterocycles. The minimum Gasteiger partial charge on any atom is -0.477 e. The summed E-state index contributed by atoms with van der Waals surface area (Å²) in [6, 6.07) is -0.683. The van der Waals surface area contributed by atoms with E-state index in [0.29, 0.717) is 24.2 Å². The van der Waals surface area contributed by atoms with E-state index in [4.69, 9.17) is 0 Å². The van der Waals surface area contributed by atoms with E-state index in [0.717, 1.165) is 7.11 Å². The molecule has 1 atom stereocenters. The second-order valence-electron chi connectivity index (χ2n) is 4.59. The van der Waals surface area contributed by atoms with Crippen LogP contribution in [0.4, 0.5) is 9.59 Å². The smallest absolute Gasteiger partial charge is 0.415 e. The first-order valence-electron chi connectivity index (χ1n) is 6.52. The molecule has 3 N–H and O–H groups in total. The van der Waals surface area contributed by atoms with Gasteiger partial charge in [-0.05, 0) is 12.8 Å². The molecular weight excluding hydrogens is 314 g/mol. The highest BCUT2D eigenvalue weighted by Gasteiger charge is 2.47. The molecule has 1 fully saturated rings. The second kappa shape index (κ2) is 6.69. The number of carboxylic acids is 1. The molecule has 10 heteroatoms. The number of carbonyl (C=O) groups excluding carboxylic acids is 3. The van der Waals surface area contributed by atoms with Crippen LogP contribution in [0.2, 0.25) is 0 Å². The number of rotatable bonds is 5. The lowest BCUT2D eigenvalue weighted by Gasteiger charge is -2.33. The maximum atomic E-state index is 11.4. The van der Waals surface area contributed by atoms with Gasteiger partial charge in [-0.25, -0.2) is 19.7 Å².